The van der Waals surface area contributed by atoms with E-state index in [0.717, 1.165) is 0 Å². The largest absolute Gasteiger partial charge is 0.451 e. The van der Waals surface area contributed by atoms with Crippen molar-refractivity contribution in [3.8, 4) is 0 Å². The number of nitrogens with one attached hydrogen (secondary N) is 1. The van der Waals surface area contributed by atoms with Crippen LogP contribution in [0, 0.1) is 0 Å². The molecule has 6 nitrogen and oxygen atoms in total. The Bertz CT molecular complexity index is 525. The van der Waals surface area contributed by atoms with Gasteiger partial charge < -0.3 is 15.6 Å². The first-order valence-electron chi connectivity index (χ1n) is 4.80. The van der Waals surface area contributed by atoms with E-state index in [0.29, 0.717) is 5.69 Å². The lowest BCUT2D eigenvalue weighted by atomic mass is 10.4. The first kappa shape index (κ1) is 12.1. The third-order valence-corrected chi connectivity index (χ3v) is 1.94. The summed E-state index contributed by atoms with van der Waals surface area (Å²) in [5.41, 5.74) is 5.81. The highest BCUT2D eigenvalue weighted by molar-refractivity contribution is 5.45. The molecule has 3 N–H and O–H groups in total. The summed E-state index contributed by atoms with van der Waals surface area (Å²) in [6.07, 6.45) is -3.29. The fourth-order valence-corrected chi connectivity index (χ4v) is 1.19. The van der Waals surface area contributed by atoms with E-state index in [2.05, 4.69) is 25.0 Å². The van der Waals surface area contributed by atoms with Crippen molar-refractivity contribution in [3.05, 3.63) is 29.9 Å². The second kappa shape index (κ2) is 4.51. The maximum absolute atomic E-state index is 12.4. The first-order chi connectivity index (χ1) is 8.45. The Morgan fingerprint density at radius 3 is 2.72 bits per heavy atom. The van der Waals surface area contributed by atoms with Crippen molar-refractivity contribution in [2.24, 2.45) is 0 Å². The smallest absolute Gasteiger partial charge is 0.384 e. The minimum atomic E-state index is -4.64. The van der Waals surface area contributed by atoms with E-state index in [1.807, 2.05) is 0 Å². The van der Waals surface area contributed by atoms with Crippen LogP contribution >= 0.6 is 0 Å². The van der Waals surface area contributed by atoms with Gasteiger partial charge in [0.1, 0.15) is 23.6 Å². The van der Waals surface area contributed by atoms with Gasteiger partial charge in [0.25, 0.3) is 0 Å². The molecule has 0 atom stereocenters. The van der Waals surface area contributed by atoms with Crippen molar-refractivity contribution < 1.29 is 17.7 Å². The van der Waals surface area contributed by atoms with E-state index in [1.165, 1.54) is 12.3 Å². The molecule has 0 aliphatic carbocycles. The van der Waals surface area contributed by atoms with E-state index < -0.39 is 12.0 Å². The van der Waals surface area contributed by atoms with Gasteiger partial charge >= 0.3 is 6.18 Å². The number of anilines is 2. The predicted molar refractivity (Wildman–Crippen MR) is 55.3 cm³/mol. The molecule has 0 aliphatic rings. The quantitative estimate of drug-likeness (QED) is 0.871. The van der Waals surface area contributed by atoms with Crippen LogP contribution in [0.4, 0.5) is 24.8 Å². The average Bonchev–Trinajstić information content (AvgIpc) is 2.77. The van der Waals surface area contributed by atoms with Crippen LogP contribution in [0.5, 0.6) is 0 Å². The van der Waals surface area contributed by atoms with E-state index in [4.69, 9.17) is 5.73 Å². The molecule has 96 valence electrons. The summed E-state index contributed by atoms with van der Waals surface area (Å²) in [7, 11) is 0. The summed E-state index contributed by atoms with van der Waals surface area (Å²) in [5, 5.41) is 6.24. The number of nitrogen functional groups attached to an aromatic ring is 1. The van der Waals surface area contributed by atoms with Crippen molar-refractivity contribution in [2.75, 3.05) is 11.1 Å². The Labute approximate surface area is 99.0 Å². The van der Waals surface area contributed by atoms with Gasteiger partial charge in [-0.05, 0) is 0 Å². The molecule has 0 spiro atoms. The van der Waals surface area contributed by atoms with Crippen LogP contribution in [0.3, 0.4) is 0 Å². The summed E-state index contributed by atoms with van der Waals surface area (Å²) in [5.74, 6) is -1.58. The van der Waals surface area contributed by atoms with Gasteiger partial charge in [0.2, 0.25) is 5.82 Å². The fourth-order valence-electron chi connectivity index (χ4n) is 1.19. The molecule has 0 saturated carbocycles. The van der Waals surface area contributed by atoms with Gasteiger partial charge in [-0.15, -0.1) is 0 Å². The number of hydrogen-bond acceptors (Lipinski definition) is 6. The summed E-state index contributed by atoms with van der Waals surface area (Å²) in [6.45, 7) is 0.171. The number of nitrogens with two attached hydrogens (primary N) is 1. The second-order valence-electron chi connectivity index (χ2n) is 3.34. The van der Waals surface area contributed by atoms with Crippen LogP contribution in [0.1, 0.15) is 11.5 Å². The van der Waals surface area contributed by atoms with Gasteiger partial charge in [-0.25, -0.2) is 9.97 Å². The molecule has 0 fully saturated rings. The zero-order chi connectivity index (χ0) is 13.2. The number of alkyl halides is 3. The molecule has 2 aromatic heterocycles. The molecular formula is C9H8F3N5O. The molecule has 2 rings (SSSR count). The summed E-state index contributed by atoms with van der Waals surface area (Å²) < 4.78 is 41.9. The highest BCUT2D eigenvalue weighted by atomic mass is 19.4. The third-order valence-electron chi connectivity index (χ3n) is 1.94. The third kappa shape index (κ3) is 2.87. The van der Waals surface area contributed by atoms with Crippen LogP contribution in [-0.2, 0) is 12.7 Å². The Morgan fingerprint density at radius 1 is 1.33 bits per heavy atom. The highest BCUT2D eigenvalue weighted by Crippen LogP contribution is 2.27. The minimum Gasteiger partial charge on any atom is -0.384 e. The first-order valence-corrected chi connectivity index (χ1v) is 4.80. The zero-order valence-electron chi connectivity index (χ0n) is 8.90. The lowest BCUT2D eigenvalue weighted by Crippen LogP contribution is -2.14. The zero-order valence-corrected chi connectivity index (χ0v) is 8.90. The number of nitrogens with zero attached hydrogens (tertiary/aromatic N) is 3. The molecule has 0 radical (unpaired) electrons. The SMILES string of the molecule is Nc1cc(NCc2ccon2)nc(C(F)(F)F)n1. The van der Waals surface area contributed by atoms with Gasteiger partial charge in [-0.1, -0.05) is 5.16 Å². The van der Waals surface area contributed by atoms with Crippen molar-refractivity contribution in [2.45, 2.75) is 12.7 Å². The van der Waals surface area contributed by atoms with Crippen molar-refractivity contribution in [1.29, 1.82) is 0 Å². The van der Waals surface area contributed by atoms with Crippen LogP contribution in [0.15, 0.2) is 22.9 Å². The van der Waals surface area contributed by atoms with Crippen molar-refractivity contribution in [1.82, 2.24) is 15.1 Å². The van der Waals surface area contributed by atoms with Crippen molar-refractivity contribution in [3.63, 3.8) is 0 Å². The maximum atomic E-state index is 12.4. The molecule has 2 aromatic rings. The molecule has 0 amide bonds. The Hall–Kier alpha value is -2.32. The normalized spacial score (nSPS) is 11.5. The van der Waals surface area contributed by atoms with Crippen LogP contribution in [-0.4, -0.2) is 15.1 Å². The number of rotatable bonds is 3. The monoisotopic (exact) mass is 259 g/mol. The molecule has 0 saturated heterocycles. The maximum Gasteiger partial charge on any atom is 0.451 e. The van der Waals surface area contributed by atoms with Crippen LogP contribution < -0.4 is 11.1 Å². The molecule has 0 aromatic carbocycles. The Kier molecular flexibility index (Phi) is 3.04. The van der Waals surface area contributed by atoms with E-state index >= 15 is 0 Å². The van der Waals surface area contributed by atoms with Gasteiger partial charge in [0, 0.05) is 12.1 Å². The lowest BCUT2D eigenvalue weighted by molar-refractivity contribution is -0.144. The minimum absolute atomic E-state index is 0.0298. The van der Waals surface area contributed by atoms with E-state index in [1.54, 1.807) is 6.07 Å². The lowest BCUT2D eigenvalue weighted by Gasteiger charge is -2.09. The van der Waals surface area contributed by atoms with Gasteiger partial charge in [-0.2, -0.15) is 13.2 Å². The van der Waals surface area contributed by atoms with Crippen LogP contribution in [0.2, 0.25) is 0 Å². The molecule has 2 heterocycles. The average molecular weight is 259 g/mol. The van der Waals surface area contributed by atoms with Gasteiger partial charge in [-0.3, -0.25) is 0 Å². The summed E-state index contributed by atoms with van der Waals surface area (Å²) in [4.78, 5) is 6.44. The number of hydrogen-bond donors (Lipinski definition) is 2. The van der Waals surface area contributed by atoms with E-state index in [9.17, 15) is 13.2 Å². The summed E-state index contributed by atoms with van der Waals surface area (Å²) >= 11 is 0. The fraction of sp³-hybridized carbons (Fsp3) is 0.222. The highest BCUT2D eigenvalue weighted by Gasteiger charge is 2.35. The molecule has 0 aliphatic heterocycles. The Balaban J connectivity index is 2.15. The topological polar surface area (TPSA) is 89.9 Å². The number of aromatic nitrogens is 3. The van der Waals surface area contributed by atoms with E-state index in [-0.39, 0.29) is 18.2 Å². The summed E-state index contributed by atoms with van der Waals surface area (Å²) in [6, 6.07) is 2.78. The molecular weight excluding hydrogens is 251 g/mol. The molecule has 18 heavy (non-hydrogen) atoms. The van der Waals surface area contributed by atoms with Crippen LogP contribution in [0.25, 0.3) is 0 Å². The molecule has 0 bridgehead atoms. The Morgan fingerprint density at radius 2 is 2.11 bits per heavy atom. The van der Waals surface area contributed by atoms with Crippen molar-refractivity contribution >= 4 is 11.6 Å². The van der Waals surface area contributed by atoms with Gasteiger partial charge in [0.15, 0.2) is 0 Å². The second-order valence-corrected chi connectivity index (χ2v) is 3.34. The number of halogens is 3. The van der Waals surface area contributed by atoms with Gasteiger partial charge in [0.05, 0.1) is 6.54 Å². The predicted octanol–water partition coefficient (Wildman–Crippen LogP) is 1.68. The molecule has 9 heteroatoms. The molecule has 0 unspecified atom stereocenters. The standard InChI is InChI=1S/C9H8F3N5O/c10-9(11,12)8-15-6(13)3-7(16-8)14-4-5-1-2-18-17-5/h1-3H,4H2,(H3,13,14,15,16).